The molecule has 0 aromatic heterocycles. The van der Waals surface area contributed by atoms with Gasteiger partial charge in [-0.15, -0.1) is 0 Å². The fraction of sp³-hybridized carbons (Fsp3) is 0.400. The van der Waals surface area contributed by atoms with Gasteiger partial charge < -0.3 is 5.11 Å². The molecule has 1 unspecified atom stereocenters. The highest BCUT2D eigenvalue weighted by Gasteiger charge is 1.98. The Labute approximate surface area is 81.1 Å². The van der Waals surface area contributed by atoms with E-state index in [2.05, 4.69) is 0 Å². The second-order valence-corrected chi connectivity index (χ2v) is 4.50. The Morgan fingerprint density at radius 3 is 2.46 bits per heavy atom. The monoisotopic (exact) mass is 198 g/mol. The smallest absolute Gasteiger partial charge is 0.0546 e. The van der Waals surface area contributed by atoms with Crippen molar-refractivity contribution >= 4 is 10.8 Å². The SMILES string of the molecule is O=S(CCO)CCc1ccccc1. The predicted molar refractivity (Wildman–Crippen MR) is 55.1 cm³/mol. The number of benzene rings is 1. The van der Waals surface area contributed by atoms with E-state index in [1.165, 1.54) is 5.56 Å². The van der Waals surface area contributed by atoms with Crippen molar-refractivity contribution in [2.75, 3.05) is 18.1 Å². The molecule has 0 aliphatic carbocycles. The van der Waals surface area contributed by atoms with Gasteiger partial charge in [0.2, 0.25) is 0 Å². The van der Waals surface area contributed by atoms with E-state index in [0.717, 1.165) is 6.42 Å². The highest BCUT2D eigenvalue weighted by Crippen LogP contribution is 2.00. The molecule has 1 aromatic rings. The Balaban J connectivity index is 2.31. The molecule has 3 heteroatoms. The Morgan fingerprint density at radius 1 is 1.15 bits per heavy atom. The van der Waals surface area contributed by atoms with E-state index in [9.17, 15) is 4.21 Å². The zero-order valence-corrected chi connectivity index (χ0v) is 8.30. The average Bonchev–Trinajstić information content (AvgIpc) is 2.17. The molecular weight excluding hydrogens is 184 g/mol. The largest absolute Gasteiger partial charge is 0.395 e. The van der Waals surface area contributed by atoms with Crippen LogP contribution in [0.2, 0.25) is 0 Å². The molecule has 0 aliphatic rings. The normalized spacial score (nSPS) is 12.7. The van der Waals surface area contributed by atoms with E-state index in [4.69, 9.17) is 5.11 Å². The summed E-state index contributed by atoms with van der Waals surface area (Å²) < 4.78 is 11.2. The molecule has 0 saturated heterocycles. The van der Waals surface area contributed by atoms with Crippen LogP contribution in [0.3, 0.4) is 0 Å². The van der Waals surface area contributed by atoms with E-state index in [0.29, 0.717) is 11.5 Å². The molecule has 0 bridgehead atoms. The van der Waals surface area contributed by atoms with Crippen molar-refractivity contribution in [1.82, 2.24) is 0 Å². The molecule has 1 N–H and O–H groups in total. The summed E-state index contributed by atoms with van der Waals surface area (Å²) in [6.45, 7) is 0.0153. The van der Waals surface area contributed by atoms with E-state index < -0.39 is 10.8 Å². The fourth-order valence-electron chi connectivity index (χ4n) is 1.08. The van der Waals surface area contributed by atoms with Crippen LogP contribution in [0.5, 0.6) is 0 Å². The van der Waals surface area contributed by atoms with Gasteiger partial charge in [-0.3, -0.25) is 4.21 Å². The first-order valence-corrected chi connectivity index (χ1v) is 5.81. The van der Waals surface area contributed by atoms with Crippen molar-refractivity contribution in [3.8, 4) is 0 Å². The summed E-state index contributed by atoms with van der Waals surface area (Å²) in [5, 5.41) is 8.54. The van der Waals surface area contributed by atoms with Gasteiger partial charge in [0.25, 0.3) is 0 Å². The van der Waals surface area contributed by atoms with Crippen molar-refractivity contribution in [3.05, 3.63) is 35.9 Å². The van der Waals surface area contributed by atoms with E-state index in [1.54, 1.807) is 0 Å². The minimum absolute atomic E-state index is 0.0153. The Bertz CT molecular complexity index is 259. The third-order valence-electron chi connectivity index (χ3n) is 1.78. The number of hydrogen-bond donors (Lipinski definition) is 1. The van der Waals surface area contributed by atoms with Gasteiger partial charge in [-0.25, -0.2) is 0 Å². The minimum Gasteiger partial charge on any atom is -0.395 e. The molecule has 0 saturated carbocycles. The highest BCUT2D eigenvalue weighted by molar-refractivity contribution is 7.84. The summed E-state index contributed by atoms with van der Waals surface area (Å²) >= 11 is 0. The molecule has 0 fully saturated rings. The van der Waals surface area contributed by atoms with Crippen LogP contribution < -0.4 is 0 Å². The molecule has 0 spiro atoms. The Hall–Kier alpha value is -0.670. The molecule has 0 heterocycles. The molecule has 1 rings (SSSR count). The molecule has 2 nitrogen and oxygen atoms in total. The van der Waals surface area contributed by atoms with Crippen molar-refractivity contribution in [3.63, 3.8) is 0 Å². The maximum Gasteiger partial charge on any atom is 0.0546 e. The summed E-state index contributed by atoms with van der Waals surface area (Å²) in [5.41, 5.74) is 1.20. The van der Waals surface area contributed by atoms with E-state index >= 15 is 0 Å². The van der Waals surface area contributed by atoms with Gasteiger partial charge in [-0.1, -0.05) is 30.3 Å². The second kappa shape index (κ2) is 5.89. The van der Waals surface area contributed by atoms with Crippen molar-refractivity contribution in [2.24, 2.45) is 0 Å². The van der Waals surface area contributed by atoms with Gasteiger partial charge in [0, 0.05) is 22.3 Å². The lowest BCUT2D eigenvalue weighted by molar-refractivity contribution is 0.321. The lowest BCUT2D eigenvalue weighted by Crippen LogP contribution is -2.07. The van der Waals surface area contributed by atoms with Crippen LogP contribution in [0.4, 0.5) is 0 Å². The lowest BCUT2D eigenvalue weighted by atomic mass is 10.2. The van der Waals surface area contributed by atoms with Gasteiger partial charge >= 0.3 is 0 Å². The molecule has 1 aromatic carbocycles. The van der Waals surface area contributed by atoms with E-state index in [1.807, 2.05) is 30.3 Å². The number of aliphatic hydroxyl groups excluding tert-OH is 1. The summed E-state index contributed by atoms with van der Waals surface area (Å²) in [6.07, 6.45) is 0.827. The quantitative estimate of drug-likeness (QED) is 0.765. The minimum atomic E-state index is -0.871. The first-order valence-electron chi connectivity index (χ1n) is 4.32. The van der Waals surface area contributed by atoms with Crippen LogP contribution in [0.1, 0.15) is 5.56 Å². The molecular formula is C10H14O2S. The lowest BCUT2D eigenvalue weighted by Gasteiger charge is -2.00. The molecule has 0 aliphatic heterocycles. The van der Waals surface area contributed by atoms with Gasteiger partial charge in [0.15, 0.2) is 0 Å². The van der Waals surface area contributed by atoms with Crippen molar-refractivity contribution in [2.45, 2.75) is 6.42 Å². The Morgan fingerprint density at radius 2 is 1.85 bits per heavy atom. The van der Waals surface area contributed by atoms with Gasteiger partial charge in [-0.2, -0.15) is 0 Å². The molecule has 13 heavy (non-hydrogen) atoms. The average molecular weight is 198 g/mol. The van der Waals surface area contributed by atoms with Gasteiger partial charge in [0.05, 0.1) is 6.61 Å². The highest BCUT2D eigenvalue weighted by atomic mass is 32.2. The summed E-state index contributed by atoms with van der Waals surface area (Å²) in [5.74, 6) is 1.04. The Kier molecular flexibility index (Phi) is 4.72. The van der Waals surface area contributed by atoms with E-state index in [-0.39, 0.29) is 6.61 Å². The first-order chi connectivity index (χ1) is 6.33. The number of rotatable bonds is 5. The van der Waals surface area contributed by atoms with Crippen LogP contribution in [-0.4, -0.2) is 27.4 Å². The van der Waals surface area contributed by atoms with Crippen LogP contribution in [0.15, 0.2) is 30.3 Å². The fourth-order valence-corrected chi connectivity index (χ4v) is 1.95. The summed E-state index contributed by atoms with van der Waals surface area (Å²) in [6, 6.07) is 9.97. The number of aliphatic hydroxyl groups is 1. The maximum atomic E-state index is 11.2. The van der Waals surface area contributed by atoms with Crippen LogP contribution >= 0.6 is 0 Å². The van der Waals surface area contributed by atoms with Crippen LogP contribution in [-0.2, 0) is 17.2 Å². The number of aryl methyl sites for hydroxylation is 1. The van der Waals surface area contributed by atoms with Crippen LogP contribution in [0, 0.1) is 0 Å². The maximum absolute atomic E-state index is 11.2. The van der Waals surface area contributed by atoms with Gasteiger partial charge in [0.1, 0.15) is 0 Å². The number of hydrogen-bond acceptors (Lipinski definition) is 2. The standard InChI is InChI=1S/C10H14O2S/c11-7-9-13(12)8-6-10-4-2-1-3-5-10/h1-5,11H,6-9H2. The summed E-state index contributed by atoms with van der Waals surface area (Å²) in [7, 11) is -0.871. The predicted octanol–water partition coefficient (Wildman–Crippen LogP) is 0.970. The second-order valence-electron chi connectivity index (χ2n) is 2.81. The summed E-state index contributed by atoms with van der Waals surface area (Å²) in [4.78, 5) is 0. The van der Waals surface area contributed by atoms with Crippen molar-refractivity contribution < 1.29 is 9.32 Å². The zero-order chi connectivity index (χ0) is 9.52. The topological polar surface area (TPSA) is 37.3 Å². The third-order valence-corrected chi connectivity index (χ3v) is 3.08. The first kappa shape index (κ1) is 10.4. The molecule has 0 amide bonds. The van der Waals surface area contributed by atoms with Crippen LogP contribution in [0.25, 0.3) is 0 Å². The zero-order valence-electron chi connectivity index (χ0n) is 7.48. The third kappa shape index (κ3) is 4.20. The van der Waals surface area contributed by atoms with Crippen molar-refractivity contribution in [1.29, 1.82) is 0 Å². The molecule has 72 valence electrons. The van der Waals surface area contributed by atoms with Gasteiger partial charge in [-0.05, 0) is 12.0 Å². The molecule has 1 atom stereocenters. The molecule has 0 radical (unpaired) electrons.